The van der Waals surface area contributed by atoms with Crippen molar-refractivity contribution >= 4 is 38.5 Å². The molecule has 7 nitrogen and oxygen atoms in total. The number of aliphatic hydroxyl groups is 1. The third-order valence-electron chi connectivity index (χ3n) is 6.20. The fraction of sp³-hybridized carbons (Fsp3) is 0.192. The lowest BCUT2D eigenvalue weighted by atomic mass is 9.91. The number of aromatic hydroxyl groups is 1. The summed E-state index contributed by atoms with van der Waals surface area (Å²) >= 11 is 0. The number of hydrogen-bond donors (Lipinski definition) is 3. The molecule has 0 saturated heterocycles. The van der Waals surface area contributed by atoms with Crippen molar-refractivity contribution < 1.29 is 58.7 Å². The number of phenols is 1. The largest absolute Gasteiger partial charge is 0.508 e. The molecule has 4 rings (SSSR count). The van der Waals surface area contributed by atoms with Crippen molar-refractivity contribution in [3.8, 4) is 22.6 Å². The number of hydrogen-bond acceptors (Lipinski definition) is 7. The fourth-order valence-electron chi connectivity index (χ4n) is 4.24. The van der Waals surface area contributed by atoms with Gasteiger partial charge in [0.2, 0.25) is 0 Å². The Labute approximate surface area is 223 Å². The molecule has 0 aliphatic carbocycles. The second-order valence-electron chi connectivity index (χ2n) is 8.60. The predicted octanol–water partition coefficient (Wildman–Crippen LogP) is 5.67. The Hall–Kier alpha value is -4.04. The highest BCUT2D eigenvalue weighted by molar-refractivity contribution is 7.67. The summed E-state index contributed by atoms with van der Waals surface area (Å²) in [4.78, 5) is 12.7. The fourth-order valence-corrected chi connectivity index (χ4v) is 4.56. The highest BCUT2D eigenvalue weighted by Gasteiger charge is 2.70. The van der Waals surface area contributed by atoms with Gasteiger partial charge < -0.3 is 19.1 Å². The molecule has 0 aromatic heterocycles. The van der Waals surface area contributed by atoms with Crippen LogP contribution in [-0.2, 0) is 15.7 Å². The molecule has 0 fully saturated rings. The molecule has 40 heavy (non-hydrogen) atoms. The third kappa shape index (κ3) is 5.36. The van der Waals surface area contributed by atoms with E-state index < -0.39 is 47.9 Å². The van der Waals surface area contributed by atoms with Gasteiger partial charge in [-0.3, -0.25) is 0 Å². The molecule has 0 atom stereocenters. The van der Waals surface area contributed by atoms with E-state index in [1.165, 1.54) is 36.4 Å². The first-order valence-corrected chi connectivity index (χ1v) is 12.4. The second kappa shape index (κ2) is 10.5. The highest BCUT2D eigenvalue weighted by Crippen LogP contribution is 2.45. The zero-order chi connectivity index (χ0) is 29.5. The number of ether oxygens (including phenoxy) is 1. The molecule has 0 spiro atoms. The minimum atomic E-state index is -6.07. The number of halogens is 6. The lowest BCUT2D eigenvalue weighted by molar-refractivity contribution is -0.371. The van der Waals surface area contributed by atoms with E-state index in [-0.39, 0.29) is 22.4 Å². The van der Waals surface area contributed by atoms with Gasteiger partial charge in [-0.1, -0.05) is 42.5 Å². The maximum absolute atomic E-state index is 12.9. The Balaban J connectivity index is 1.74. The Morgan fingerprint density at radius 3 is 2.02 bits per heavy atom. The van der Waals surface area contributed by atoms with Crippen LogP contribution in [0, 0.1) is 0 Å². The van der Waals surface area contributed by atoms with Gasteiger partial charge in [0.1, 0.15) is 11.5 Å². The second-order valence-corrected chi connectivity index (χ2v) is 9.23. The number of alkyl halides is 6. The number of esters is 1. The highest BCUT2D eigenvalue weighted by atomic mass is 32.2. The number of fused-ring (bicyclic) bond motifs is 2. The molecule has 0 aliphatic heterocycles. The van der Waals surface area contributed by atoms with E-state index in [9.17, 15) is 49.8 Å². The summed E-state index contributed by atoms with van der Waals surface area (Å²) in [7, 11) is -3.20. The molecule has 0 bridgehead atoms. The van der Waals surface area contributed by atoms with Gasteiger partial charge in [0, 0.05) is 17.2 Å². The van der Waals surface area contributed by atoms with Gasteiger partial charge in [0.05, 0.1) is 12.2 Å². The monoisotopic (exact) mass is 588 g/mol. The van der Waals surface area contributed by atoms with Gasteiger partial charge in [-0.05, 0) is 46.2 Å². The Morgan fingerprint density at radius 1 is 0.775 bits per heavy atom. The van der Waals surface area contributed by atoms with Crippen LogP contribution >= 0.6 is 0 Å². The van der Waals surface area contributed by atoms with Crippen molar-refractivity contribution in [1.29, 1.82) is 0 Å². The maximum Gasteiger partial charge on any atom is 0.426 e. The number of phenolic OH excluding ortho intramolecular Hbond substituents is 1. The minimum absolute atomic E-state index is 0.0651. The van der Waals surface area contributed by atoms with Crippen LogP contribution in [0.3, 0.4) is 0 Å². The average Bonchev–Trinajstić information content (AvgIpc) is 2.86. The zero-order valence-electron chi connectivity index (χ0n) is 19.9. The summed E-state index contributed by atoms with van der Waals surface area (Å²) in [6.45, 7) is -1.41. The number of benzene rings is 4. The normalized spacial score (nSPS) is 12.7. The lowest BCUT2D eigenvalue weighted by Crippen LogP contribution is -2.57. The average molecular weight is 588 g/mol. The lowest BCUT2D eigenvalue weighted by Gasteiger charge is -2.32. The van der Waals surface area contributed by atoms with Crippen LogP contribution in [0.2, 0.25) is 0 Å². The van der Waals surface area contributed by atoms with Crippen LogP contribution in [0.25, 0.3) is 32.7 Å². The van der Waals surface area contributed by atoms with Gasteiger partial charge in [0.15, 0.2) is 0 Å². The third-order valence-corrected chi connectivity index (χ3v) is 6.55. The number of carbonyl (C=O) groups excluding carboxylic acids is 1. The van der Waals surface area contributed by atoms with E-state index in [2.05, 4.69) is 4.74 Å². The van der Waals surface area contributed by atoms with E-state index in [0.717, 1.165) is 0 Å². The molecule has 14 heteroatoms. The maximum atomic E-state index is 12.9. The van der Waals surface area contributed by atoms with E-state index in [0.29, 0.717) is 27.3 Å². The molecule has 4 aromatic carbocycles. The summed E-state index contributed by atoms with van der Waals surface area (Å²) in [5.41, 5.74) is -4.31. The van der Waals surface area contributed by atoms with Gasteiger partial charge >= 0.3 is 18.3 Å². The van der Waals surface area contributed by atoms with Gasteiger partial charge in [0.25, 0.3) is 16.6 Å². The standard InChI is InChI=1S/C26H18F6O7S/c27-25(28,29)24(35,26(30,31)32)11-12-38-23(34)20-10-9-17(18-8-7-14(33)13-21(18)20)15-3-1-5-19-16(15)4-2-6-22(19)39-40(36)37/h1-10,13,33,35,40H,11-12H2. The van der Waals surface area contributed by atoms with Crippen molar-refractivity contribution in [3.05, 3.63) is 72.3 Å². The minimum Gasteiger partial charge on any atom is -0.508 e. The van der Waals surface area contributed by atoms with Crippen LogP contribution in [0.5, 0.6) is 11.5 Å². The van der Waals surface area contributed by atoms with Crippen LogP contribution in [0.4, 0.5) is 26.3 Å². The number of rotatable bonds is 7. The predicted molar refractivity (Wildman–Crippen MR) is 131 cm³/mol. The summed E-state index contributed by atoms with van der Waals surface area (Å²) < 4.78 is 109. The van der Waals surface area contributed by atoms with E-state index in [1.807, 2.05) is 0 Å². The van der Waals surface area contributed by atoms with E-state index in [1.54, 1.807) is 30.3 Å². The zero-order valence-corrected chi connectivity index (χ0v) is 20.8. The molecule has 0 heterocycles. The Morgan fingerprint density at radius 2 is 1.38 bits per heavy atom. The first-order chi connectivity index (χ1) is 18.6. The first kappa shape index (κ1) is 29.0. The van der Waals surface area contributed by atoms with Crippen LogP contribution in [-0.4, -0.2) is 49.2 Å². The van der Waals surface area contributed by atoms with Crippen molar-refractivity contribution in [3.63, 3.8) is 0 Å². The molecule has 0 saturated carbocycles. The molecule has 4 aromatic rings. The van der Waals surface area contributed by atoms with Crippen molar-refractivity contribution in [1.82, 2.24) is 0 Å². The molecule has 0 unspecified atom stereocenters. The summed E-state index contributed by atoms with van der Waals surface area (Å²) in [5, 5.41) is 20.7. The summed E-state index contributed by atoms with van der Waals surface area (Å²) in [6.07, 6.45) is -14.1. The molecule has 0 amide bonds. The Kier molecular flexibility index (Phi) is 7.60. The van der Waals surface area contributed by atoms with Crippen LogP contribution < -0.4 is 4.18 Å². The molecule has 2 N–H and O–H groups in total. The summed E-state index contributed by atoms with van der Waals surface area (Å²) in [5.74, 6) is -1.52. The SMILES string of the molecule is O=C(OCCC(O)(C(F)(F)F)C(F)(F)F)c1ccc(-c2cccc3c(O[SH](=O)=O)cccc23)c2ccc(O)cc12. The molecule has 0 radical (unpaired) electrons. The topological polar surface area (TPSA) is 110 Å². The van der Waals surface area contributed by atoms with Crippen LogP contribution in [0.1, 0.15) is 16.8 Å². The first-order valence-electron chi connectivity index (χ1n) is 11.3. The number of carbonyl (C=O) groups is 1. The summed E-state index contributed by atoms with van der Waals surface area (Å²) in [6, 6.07) is 16.2. The van der Waals surface area contributed by atoms with Gasteiger partial charge in [-0.15, -0.1) is 0 Å². The van der Waals surface area contributed by atoms with Gasteiger partial charge in [-0.25, -0.2) is 4.79 Å². The Bertz CT molecular complexity index is 1660. The smallest absolute Gasteiger partial charge is 0.426 e. The van der Waals surface area contributed by atoms with E-state index >= 15 is 0 Å². The van der Waals surface area contributed by atoms with Crippen molar-refractivity contribution in [2.75, 3.05) is 6.61 Å². The van der Waals surface area contributed by atoms with Crippen molar-refractivity contribution in [2.45, 2.75) is 24.4 Å². The quantitative estimate of drug-likeness (QED) is 0.145. The number of thiol groups is 1. The molecular weight excluding hydrogens is 570 g/mol. The molecular formula is C26H18F6O7S. The van der Waals surface area contributed by atoms with Gasteiger partial charge in [-0.2, -0.15) is 34.8 Å². The molecule has 212 valence electrons. The van der Waals surface area contributed by atoms with Crippen molar-refractivity contribution in [2.24, 2.45) is 0 Å². The van der Waals surface area contributed by atoms with E-state index in [4.69, 9.17) is 4.18 Å². The van der Waals surface area contributed by atoms with Crippen LogP contribution in [0.15, 0.2) is 66.7 Å². The molecule has 0 aliphatic rings.